The Bertz CT molecular complexity index is 403. The number of nitrogens with one attached hydrogen (secondary N) is 2. The SMILES string of the molecule is Cc1cccc(CNCC(=O)NCC(C)C)c1O. The molecule has 0 bridgehead atoms. The Balaban J connectivity index is 2.33. The number of para-hydroxylation sites is 1. The maximum absolute atomic E-state index is 11.5. The molecule has 3 N–H and O–H groups in total. The molecule has 0 aliphatic heterocycles. The molecule has 0 unspecified atom stereocenters. The maximum atomic E-state index is 11.5. The fourth-order valence-electron chi connectivity index (χ4n) is 1.55. The molecule has 4 nitrogen and oxygen atoms in total. The highest BCUT2D eigenvalue weighted by Gasteiger charge is 2.05. The van der Waals surface area contributed by atoms with Crippen molar-refractivity contribution in [2.45, 2.75) is 27.3 Å². The summed E-state index contributed by atoms with van der Waals surface area (Å²) in [5.74, 6) is 0.734. The summed E-state index contributed by atoms with van der Waals surface area (Å²) in [4.78, 5) is 11.5. The minimum Gasteiger partial charge on any atom is -0.507 e. The van der Waals surface area contributed by atoms with Crippen LogP contribution < -0.4 is 10.6 Å². The molecule has 1 rings (SSSR count). The zero-order valence-corrected chi connectivity index (χ0v) is 11.3. The average Bonchev–Trinajstić information content (AvgIpc) is 2.32. The summed E-state index contributed by atoms with van der Waals surface area (Å²) in [5.41, 5.74) is 1.66. The molecule has 1 aromatic carbocycles. The van der Waals surface area contributed by atoms with Crippen LogP contribution >= 0.6 is 0 Å². The zero-order valence-electron chi connectivity index (χ0n) is 11.3. The quantitative estimate of drug-likeness (QED) is 0.718. The first-order valence-corrected chi connectivity index (χ1v) is 6.25. The Morgan fingerprint density at radius 1 is 1.39 bits per heavy atom. The van der Waals surface area contributed by atoms with E-state index in [-0.39, 0.29) is 12.5 Å². The number of rotatable bonds is 6. The van der Waals surface area contributed by atoms with Crippen molar-refractivity contribution in [2.75, 3.05) is 13.1 Å². The predicted molar refractivity (Wildman–Crippen MR) is 72.4 cm³/mol. The van der Waals surface area contributed by atoms with Gasteiger partial charge < -0.3 is 15.7 Å². The van der Waals surface area contributed by atoms with Gasteiger partial charge in [-0.15, -0.1) is 0 Å². The van der Waals surface area contributed by atoms with Crippen LogP contribution in [0.1, 0.15) is 25.0 Å². The zero-order chi connectivity index (χ0) is 13.5. The van der Waals surface area contributed by atoms with E-state index < -0.39 is 0 Å². The van der Waals surface area contributed by atoms with Crippen molar-refractivity contribution in [1.29, 1.82) is 0 Å². The highest BCUT2D eigenvalue weighted by molar-refractivity contribution is 5.77. The molecule has 100 valence electrons. The highest BCUT2D eigenvalue weighted by atomic mass is 16.3. The van der Waals surface area contributed by atoms with Crippen molar-refractivity contribution in [3.63, 3.8) is 0 Å². The van der Waals surface area contributed by atoms with Crippen molar-refractivity contribution in [2.24, 2.45) is 5.92 Å². The lowest BCUT2D eigenvalue weighted by atomic mass is 10.1. The summed E-state index contributed by atoms with van der Waals surface area (Å²) >= 11 is 0. The minimum atomic E-state index is -0.0177. The Hall–Kier alpha value is -1.55. The average molecular weight is 250 g/mol. The third kappa shape index (κ3) is 4.75. The number of benzene rings is 1. The molecule has 0 fully saturated rings. The highest BCUT2D eigenvalue weighted by Crippen LogP contribution is 2.20. The molecule has 0 saturated heterocycles. The maximum Gasteiger partial charge on any atom is 0.233 e. The summed E-state index contributed by atoms with van der Waals surface area (Å²) in [5, 5.41) is 15.7. The molecule has 0 aromatic heterocycles. The summed E-state index contributed by atoms with van der Waals surface area (Å²) in [7, 11) is 0. The van der Waals surface area contributed by atoms with Crippen molar-refractivity contribution >= 4 is 5.91 Å². The predicted octanol–water partition coefficient (Wildman–Crippen LogP) is 1.56. The molecule has 0 aliphatic carbocycles. The molecular weight excluding hydrogens is 228 g/mol. The standard InChI is InChI=1S/C14H22N2O2/c1-10(2)7-16-13(17)9-15-8-12-6-4-5-11(3)14(12)18/h4-6,10,15,18H,7-9H2,1-3H3,(H,16,17). The largest absolute Gasteiger partial charge is 0.507 e. The molecule has 1 aromatic rings. The van der Waals surface area contributed by atoms with Gasteiger partial charge in [-0.2, -0.15) is 0 Å². The Morgan fingerprint density at radius 2 is 2.11 bits per heavy atom. The van der Waals surface area contributed by atoms with Crippen LogP contribution in [0.4, 0.5) is 0 Å². The van der Waals surface area contributed by atoms with Gasteiger partial charge in [-0.3, -0.25) is 4.79 Å². The van der Waals surface area contributed by atoms with Gasteiger partial charge in [-0.25, -0.2) is 0 Å². The second-order valence-corrected chi connectivity index (χ2v) is 4.88. The lowest BCUT2D eigenvalue weighted by molar-refractivity contribution is -0.120. The lowest BCUT2D eigenvalue weighted by Crippen LogP contribution is -2.35. The van der Waals surface area contributed by atoms with Crippen LogP contribution in [0.3, 0.4) is 0 Å². The number of phenols is 1. The third-order valence-corrected chi connectivity index (χ3v) is 2.63. The number of aromatic hydroxyl groups is 1. The van der Waals surface area contributed by atoms with Gasteiger partial charge in [0.1, 0.15) is 5.75 Å². The van der Waals surface area contributed by atoms with E-state index in [1.54, 1.807) is 0 Å². The molecule has 18 heavy (non-hydrogen) atoms. The Labute approximate surface area is 108 Å². The van der Waals surface area contributed by atoms with Gasteiger partial charge in [-0.1, -0.05) is 32.0 Å². The molecule has 0 heterocycles. The van der Waals surface area contributed by atoms with Gasteiger partial charge in [0.25, 0.3) is 0 Å². The topological polar surface area (TPSA) is 61.4 Å². The number of aryl methyl sites for hydroxylation is 1. The van der Waals surface area contributed by atoms with Crippen molar-refractivity contribution in [1.82, 2.24) is 10.6 Å². The molecule has 0 atom stereocenters. The van der Waals surface area contributed by atoms with Crippen molar-refractivity contribution < 1.29 is 9.90 Å². The van der Waals surface area contributed by atoms with E-state index >= 15 is 0 Å². The first-order chi connectivity index (χ1) is 8.50. The first-order valence-electron chi connectivity index (χ1n) is 6.25. The van der Waals surface area contributed by atoms with Crippen LogP contribution in [-0.2, 0) is 11.3 Å². The number of hydrogen-bond acceptors (Lipinski definition) is 3. The van der Waals surface area contributed by atoms with Gasteiger partial charge >= 0.3 is 0 Å². The van der Waals surface area contributed by atoms with Crippen LogP contribution in [0.25, 0.3) is 0 Å². The van der Waals surface area contributed by atoms with Crippen LogP contribution in [0.15, 0.2) is 18.2 Å². The number of hydrogen-bond donors (Lipinski definition) is 3. The minimum absolute atomic E-state index is 0.0177. The Morgan fingerprint density at radius 3 is 2.78 bits per heavy atom. The van der Waals surface area contributed by atoms with Gasteiger partial charge in [0.2, 0.25) is 5.91 Å². The molecule has 0 aliphatic rings. The normalized spacial score (nSPS) is 10.7. The van der Waals surface area contributed by atoms with Crippen molar-refractivity contribution in [3.8, 4) is 5.75 Å². The van der Waals surface area contributed by atoms with Crippen LogP contribution in [-0.4, -0.2) is 24.1 Å². The van der Waals surface area contributed by atoms with Gasteiger partial charge in [0.15, 0.2) is 0 Å². The van der Waals surface area contributed by atoms with Crippen molar-refractivity contribution in [3.05, 3.63) is 29.3 Å². The third-order valence-electron chi connectivity index (χ3n) is 2.63. The summed E-state index contributed by atoms with van der Waals surface area (Å²) in [6.45, 7) is 7.41. The molecule has 4 heteroatoms. The summed E-state index contributed by atoms with van der Waals surface area (Å²) in [6, 6.07) is 5.60. The van der Waals surface area contributed by atoms with Gasteiger partial charge in [-0.05, 0) is 18.4 Å². The van der Waals surface area contributed by atoms with Gasteiger partial charge in [0.05, 0.1) is 6.54 Å². The second kappa shape index (κ2) is 7.01. The van der Waals surface area contributed by atoms with Crippen LogP contribution in [0.2, 0.25) is 0 Å². The lowest BCUT2D eigenvalue weighted by Gasteiger charge is -2.10. The fourth-order valence-corrected chi connectivity index (χ4v) is 1.55. The van der Waals surface area contributed by atoms with E-state index in [0.29, 0.717) is 24.8 Å². The summed E-state index contributed by atoms with van der Waals surface area (Å²) < 4.78 is 0. The Kier molecular flexibility index (Phi) is 5.65. The van der Waals surface area contributed by atoms with Crippen LogP contribution in [0, 0.1) is 12.8 Å². The molecule has 0 radical (unpaired) electrons. The van der Waals surface area contributed by atoms with E-state index in [1.807, 2.05) is 25.1 Å². The first kappa shape index (κ1) is 14.5. The molecule has 0 spiro atoms. The molecular formula is C14H22N2O2. The fraction of sp³-hybridized carbons (Fsp3) is 0.500. The monoisotopic (exact) mass is 250 g/mol. The van der Waals surface area contributed by atoms with E-state index in [9.17, 15) is 9.90 Å². The number of carbonyl (C=O) groups excluding carboxylic acids is 1. The molecule has 0 saturated carbocycles. The number of amides is 1. The van der Waals surface area contributed by atoms with Crippen LogP contribution in [0.5, 0.6) is 5.75 Å². The molecule has 1 amide bonds. The second-order valence-electron chi connectivity index (χ2n) is 4.88. The van der Waals surface area contributed by atoms with E-state index in [4.69, 9.17) is 0 Å². The number of carbonyl (C=O) groups is 1. The number of phenolic OH excluding ortho intramolecular Hbond substituents is 1. The van der Waals surface area contributed by atoms with E-state index in [0.717, 1.165) is 11.1 Å². The van der Waals surface area contributed by atoms with E-state index in [1.165, 1.54) is 0 Å². The van der Waals surface area contributed by atoms with E-state index in [2.05, 4.69) is 24.5 Å². The smallest absolute Gasteiger partial charge is 0.233 e. The summed E-state index contributed by atoms with van der Waals surface area (Å²) in [6.07, 6.45) is 0. The van der Waals surface area contributed by atoms with Gasteiger partial charge in [0, 0.05) is 18.7 Å².